The van der Waals surface area contributed by atoms with Crippen molar-refractivity contribution in [3.63, 3.8) is 0 Å². The van der Waals surface area contributed by atoms with E-state index in [1.165, 1.54) is 0 Å². The van der Waals surface area contributed by atoms with Gasteiger partial charge < -0.3 is 14.5 Å². The molecule has 2 heterocycles. The van der Waals surface area contributed by atoms with Gasteiger partial charge in [0.15, 0.2) is 6.61 Å². The van der Waals surface area contributed by atoms with Crippen molar-refractivity contribution < 1.29 is 18.7 Å². The lowest BCUT2D eigenvalue weighted by Gasteiger charge is -2.14. The number of ether oxygens (including phenoxy) is 1. The lowest BCUT2D eigenvalue weighted by molar-refractivity contribution is -0.119. The fourth-order valence-corrected chi connectivity index (χ4v) is 4.81. The molecule has 5 rings (SSSR count). The van der Waals surface area contributed by atoms with Gasteiger partial charge in [-0.15, -0.1) is 0 Å². The Bertz CT molecular complexity index is 1460. The van der Waals surface area contributed by atoms with Gasteiger partial charge in [0.2, 0.25) is 0 Å². The van der Waals surface area contributed by atoms with Crippen LogP contribution < -0.4 is 5.32 Å². The van der Waals surface area contributed by atoms with Gasteiger partial charge in [0.05, 0.1) is 23.0 Å². The molecule has 35 heavy (non-hydrogen) atoms. The highest BCUT2D eigenvalue weighted by Gasteiger charge is 2.28. The Morgan fingerprint density at radius 3 is 2.57 bits per heavy atom. The molecule has 6 nitrogen and oxygen atoms in total. The van der Waals surface area contributed by atoms with E-state index in [0.717, 1.165) is 56.8 Å². The molecule has 1 aliphatic rings. The number of nitrogens with one attached hydrogen (secondary N) is 1. The van der Waals surface area contributed by atoms with E-state index in [9.17, 15) is 9.59 Å². The maximum atomic E-state index is 13.3. The van der Waals surface area contributed by atoms with Gasteiger partial charge in [-0.3, -0.25) is 4.79 Å². The van der Waals surface area contributed by atoms with Crippen molar-refractivity contribution in [3.8, 4) is 0 Å². The number of carbonyl (C=O) groups is 2. The predicted octanol–water partition coefficient (Wildman–Crippen LogP) is 6.04. The van der Waals surface area contributed by atoms with Crippen LogP contribution in [0.5, 0.6) is 0 Å². The summed E-state index contributed by atoms with van der Waals surface area (Å²) in [4.78, 5) is 30.8. The van der Waals surface area contributed by atoms with E-state index in [-0.39, 0.29) is 12.5 Å². The molecule has 0 unspecified atom stereocenters. The molecule has 1 amide bonds. The highest BCUT2D eigenvalue weighted by Crippen LogP contribution is 2.37. The van der Waals surface area contributed by atoms with E-state index < -0.39 is 5.97 Å². The van der Waals surface area contributed by atoms with E-state index in [0.29, 0.717) is 17.5 Å². The molecule has 0 saturated carbocycles. The summed E-state index contributed by atoms with van der Waals surface area (Å²) in [6, 6.07) is 15.3. The summed E-state index contributed by atoms with van der Waals surface area (Å²) in [5.74, 6) is -0.154. The third-order valence-electron chi connectivity index (χ3n) is 6.28. The van der Waals surface area contributed by atoms with E-state index in [4.69, 9.17) is 14.1 Å². The van der Waals surface area contributed by atoms with Crippen LogP contribution in [0.1, 0.15) is 50.5 Å². The second kappa shape index (κ2) is 9.22. The number of furan rings is 1. The zero-order chi connectivity index (χ0) is 24.5. The van der Waals surface area contributed by atoms with Crippen LogP contribution in [-0.2, 0) is 16.0 Å². The average molecular weight is 467 g/mol. The molecule has 0 saturated heterocycles. The smallest absolute Gasteiger partial charge is 0.339 e. The Morgan fingerprint density at radius 1 is 1.06 bits per heavy atom. The standard InChI is InChI=1S/C29H26N2O4/c1-17-13-18(2)27(19(3)14-17)31-25(32)16-35-29(33)26-22-8-4-5-9-24(22)30-28-20(10-11-23(26)28)15-21-7-6-12-34-21/h4-9,12-15H,10-11,16H2,1-3H3,(H,31,32)/b20-15-. The molecule has 0 spiro atoms. The topological polar surface area (TPSA) is 81.4 Å². The summed E-state index contributed by atoms with van der Waals surface area (Å²) < 4.78 is 11.0. The van der Waals surface area contributed by atoms with Crippen molar-refractivity contribution in [2.45, 2.75) is 33.6 Å². The largest absolute Gasteiger partial charge is 0.465 e. The van der Waals surface area contributed by atoms with Crippen molar-refractivity contribution in [2.24, 2.45) is 0 Å². The normalized spacial score (nSPS) is 13.7. The fraction of sp³-hybridized carbons (Fsp3) is 0.207. The average Bonchev–Trinajstić information content (AvgIpc) is 3.49. The summed E-state index contributed by atoms with van der Waals surface area (Å²) in [6.07, 6.45) is 5.00. The van der Waals surface area contributed by atoms with Crippen molar-refractivity contribution >= 4 is 40.1 Å². The van der Waals surface area contributed by atoms with Crippen molar-refractivity contribution in [1.82, 2.24) is 4.98 Å². The molecule has 1 N–H and O–H groups in total. The number of hydrogen-bond acceptors (Lipinski definition) is 5. The minimum Gasteiger partial charge on any atom is -0.465 e. The van der Waals surface area contributed by atoms with Gasteiger partial charge in [0, 0.05) is 11.1 Å². The molecule has 0 radical (unpaired) electrons. The lowest BCUT2D eigenvalue weighted by Crippen LogP contribution is -2.22. The highest BCUT2D eigenvalue weighted by molar-refractivity contribution is 6.08. The van der Waals surface area contributed by atoms with Crippen LogP contribution in [0.25, 0.3) is 22.6 Å². The SMILES string of the molecule is Cc1cc(C)c(NC(=O)COC(=O)c2c3c(nc4ccccc24)/C(=C\c2ccco2)CC3)c(C)c1. The Hall–Kier alpha value is -4.19. The minimum atomic E-state index is -0.522. The zero-order valence-corrected chi connectivity index (χ0v) is 20.0. The Kier molecular flexibility index (Phi) is 5.95. The number of rotatable bonds is 5. The van der Waals surface area contributed by atoms with E-state index in [1.54, 1.807) is 6.26 Å². The van der Waals surface area contributed by atoms with Gasteiger partial charge in [-0.05, 0) is 80.2 Å². The molecule has 1 aliphatic carbocycles. The first kappa shape index (κ1) is 22.6. The summed E-state index contributed by atoms with van der Waals surface area (Å²) in [5, 5.41) is 3.61. The summed E-state index contributed by atoms with van der Waals surface area (Å²) >= 11 is 0. The number of benzene rings is 2. The van der Waals surface area contributed by atoms with Gasteiger partial charge in [0.1, 0.15) is 5.76 Å². The van der Waals surface area contributed by atoms with Gasteiger partial charge >= 0.3 is 5.97 Å². The Morgan fingerprint density at radius 2 is 1.83 bits per heavy atom. The fourth-order valence-electron chi connectivity index (χ4n) is 4.81. The van der Waals surface area contributed by atoms with Gasteiger partial charge in [-0.1, -0.05) is 35.9 Å². The van der Waals surface area contributed by atoms with Crippen LogP contribution in [0.15, 0.2) is 59.2 Å². The number of anilines is 1. The molecular weight excluding hydrogens is 440 g/mol. The predicted molar refractivity (Wildman–Crippen MR) is 136 cm³/mol. The molecule has 0 fully saturated rings. The summed E-state index contributed by atoms with van der Waals surface area (Å²) in [5.41, 5.74) is 7.64. The first-order valence-corrected chi connectivity index (χ1v) is 11.6. The van der Waals surface area contributed by atoms with E-state index in [2.05, 4.69) is 5.32 Å². The molecule has 0 aliphatic heterocycles. The number of aryl methyl sites for hydroxylation is 3. The third kappa shape index (κ3) is 4.47. The van der Waals surface area contributed by atoms with Crippen LogP contribution in [0.4, 0.5) is 5.69 Å². The van der Waals surface area contributed by atoms with E-state index in [1.807, 2.05) is 75.4 Å². The third-order valence-corrected chi connectivity index (χ3v) is 6.28. The van der Waals surface area contributed by atoms with Crippen LogP contribution >= 0.6 is 0 Å². The number of fused-ring (bicyclic) bond motifs is 2. The Labute approximate surface area is 203 Å². The Balaban J connectivity index is 1.42. The summed E-state index contributed by atoms with van der Waals surface area (Å²) in [7, 11) is 0. The number of para-hydroxylation sites is 1. The highest BCUT2D eigenvalue weighted by atomic mass is 16.5. The monoisotopic (exact) mass is 466 g/mol. The number of allylic oxidation sites excluding steroid dienone is 1. The zero-order valence-electron chi connectivity index (χ0n) is 20.0. The molecule has 0 atom stereocenters. The van der Waals surface area contributed by atoms with Crippen molar-refractivity contribution in [3.05, 3.63) is 94.1 Å². The number of esters is 1. The molecule has 4 aromatic rings. The van der Waals surface area contributed by atoms with E-state index >= 15 is 0 Å². The second-order valence-corrected chi connectivity index (χ2v) is 8.91. The van der Waals surface area contributed by atoms with Crippen molar-refractivity contribution in [1.29, 1.82) is 0 Å². The van der Waals surface area contributed by atoms with Crippen LogP contribution in [0, 0.1) is 20.8 Å². The molecule has 176 valence electrons. The maximum absolute atomic E-state index is 13.3. The molecule has 6 heteroatoms. The molecule has 2 aromatic heterocycles. The van der Waals surface area contributed by atoms with Gasteiger partial charge in [0.25, 0.3) is 5.91 Å². The second-order valence-electron chi connectivity index (χ2n) is 8.91. The quantitative estimate of drug-likeness (QED) is 0.363. The number of aromatic nitrogens is 1. The first-order chi connectivity index (χ1) is 16.9. The molecule has 0 bridgehead atoms. The first-order valence-electron chi connectivity index (χ1n) is 11.6. The maximum Gasteiger partial charge on any atom is 0.339 e. The number of carbonyl (C=O) groups excluding carboxylic acids is 2. The number of hydrogen-bond donors (Lipinski definition) is 1. The molecule has 2 aromatic carbocycles. The van der Waals surface area contributed by atoms with Crippen LogP contribution in [0.3, 0.4) is 0 Å². The van der Waals surface area contributed by atoms with Crippen LogP contribution in [0.2, 0.25) is 0 Å². The van der Waals surface area contributed by atoms with Gasteiger partial charge in [-0.2, -0.15) is 0 Å². The van der Waals surface area contributed by atoms with Crippen molar-refractivity contribution in [2.75, 3.05) is 11.9 Å². The number of amides is 1. The number of nitrogens with zero attached hydrogens (tertiary/aromatic N) is 1. The number of pyridine rings is 1. The molecular formula is C29H26N2O4. The summed E-state index contributed by atoms with van der Waals surface area (Å²) in [6.45, 7) is 5.54. The lowest BCUT2D eigenvalue weighted by atomic mass is 10.0. The van der Waals surface area contributed by atoms with Gasteiger partial charge in [-0.25, -0.2) is 9.78 Å². The minimum absolute atomic E-state index is 0.369. The van der Waals surface area contributed by atoms with Crippen LogP contribution in [-0.4, -0.2) is 23.5 Å².